The summed E-state index contributed by atoms with van der Waals surface area (Å²) >= 11 is 0. The number of hydrogen-bond donors (Lipinski definition) is 8. The first-order valence-corrected chi connectivity index (χ1v) is 25.4. The van der Waals surface area contributed by atoms with Gasteiger partial charge in [0, 0.05) is 68.6 Å². The Balaban J connectivity index is 0.989. The largest absolute Gasteiger partial charge is 0.467 e. The highest BCUT2D eigenvalue weighted by molar-refractivity contribution is 6.13. The zero-order chi connectivity index (χ0) is 56.1. The molecule has 2 aliphatic heterocycles. The third-order valence-electron chi connectivity index (χ3n) is 12.5. The Bertz CT molecular complexity index is 2810. The van der Waals surface area contributed by atoms with Crippen LogP contribution in [-0.4, -0.2) is 138 Å². The van der Waals surface area contributed by atoms with Crippen LogP contribution in [0.3, 0.4) is 0 Å². The van der Waals surface area contributed by atoms with Crippen LogP contribution in [0.5, 0.6) is 0 Å². The van der Waals surface area contributed by atoms with E-state index in [0.29, 0.717) is 79.3 Å². The lowest BCUT2D eigenvalue weighted by atomic mass is 10.0. The molecule has 9 amide bonds. The molecule has 10 N–H and O–H groups in total. The van der Waals surface area contributed by atoms with Gasteiger partial charge < -0.3 is 62.5 Å². The second-order valence-electron chi connectivity index (χ2n) is 18.6. The molecule has 414 valence electrons. The number of urea groups is 1. The fourth-order valence-electron chi connectivity index (χ4n) is 8.29. The summed E-state index contributed by atoms with van der Waals surface area (Å²) in [5.41, 5.74) is 15.0. The Kier molecular flexibility index (Phi) is 21.5. The summed E-state index contributed by atoms with van der Waals surface area (Å²) in [4.78, 5) is 130. The maximum Gasteiger partial charge on any atom is 0.408 e. The van der Waals surface area contributed by atoms with Crippen LogP contribution in [0.1, 0.15) is 74.0 Å². The van der Waals surface area contributed by atoms with E-state index in [-0.39, 0.29) is 80.5 Å². The van der Waals surface area contributed by atoms with Crippen molar-refractivity contribution in [2.45, 2.75) is 83.5 Å². The van der Waals surface area contributed by atoms with Crippen molar-refractivity contribution in [1.82, 2.24) is 41.1 Å². The first-order chi connectivity index (χ1) is 37.5. The second kappa shape index (κ2) is 28.8. The van der Waals surface area contributed by atoms with Gasteiger partial charge in [0.1, 0.15) is 24.7 Å². The minimum absolute atomic E-state index is 0.0265. The molecule has 0 bridgehead atoms. The molecular weight excluding hydrogens is 1010 g/mol. The number of aromatic nitrogens is 3. The predicted molar refractivity (Wildman–Crippen MR) is 285 cm³/mol. The van der Waals surface area contributed by atoms with Crippen LogP contribution >= 0.6 is 0 Å². The Morgan fingerprint density at radius 2 is 1.50 bits per heavy atom. The number of esters is 1. The van der Waals surface area contributed by atoms with Crippen LogP contribution in [0, 0.1) is 5.92 Å². The molecule has 25 nitrogen and oxygen atoms in total. The molecule has 2 aliphatic rings. The zero-order valence-corrected chi connectivity index (χ0v) is 43.6. The van der Waals surface area contributed by atoms with Gasteiger partial charge in [-0.1, -0.05) is 56.7 Å². The average Bonchev–Trinajstić information content (AvgIpc) is 3.77. The van der Waals surface area contributed by atoms with E-state index < -0.39 is 53.9 Å². The molecule has 78 heavy (non-hydrogen) atoms. The number of nitrogen functional groups attached to an aromatic ring is 1. The average molecular weight is 1080 g/mol. The van der Waals surface area contributed by atoms with Gasteiger partial charge >= 0.3 is 18.1 Å². The van der Waals surface area contributed by atoms with Crippen LogP contribution in [0.2, 0.25) is 0 Å². The number of nitrogens with zero attached hydrogens (tertiary/aromatic N) is 5. The van der Waals surface area contributed by atoms with Crippen molar-refractivity contribution in [1.29, 1.82) is 0 Å². The molecule has 0 unspecified atom stereocenters. The fourth-order valence-corrected chi connectivity index (χ4v) is 8.29. The van der Waals surface area contributed by atoms with E-state index in [4.69, 9.17) is 25.7 Å². The van der Waals surface area contributed by atoms with Crippen molar-refractivity contribution in [2.24, 2.45) is 11.7 Å². The highest BCUT2D eigenvalue weighted by Gasteiger charge is 2.30. The fraction of sp³-hybridized carbons (Fsp3) is 0.396. The Morgan fingerprint density at radius 3 is 2.18 bits per heavy atom. The van der Waals surface area contributed by atoms with Gasteiger partial charge in [-0.05, 0) is 60.9 Å². The number of anilines is 4. The molecule has 0 saturated carbocycles. The lowest BCUT2D eigenvalue weighted by Crippen LogP contribution is -2.54. The lowest BCUT2D eigenvalue weighted by Gasteiger charge is -2.30. The highest BCUT2D eigenvalue weighted by atomic mass is 16.6. The lowest BCUT2D eigenvalue weighted by molar-refractivity contribution is -0.143. The normalized spacial score (nSPS) is 14.2. The van der Waals surface area contributed by atoms with Crippen LogP contribution in [0.4, 0.5) is 32.5 Å². The number of unbranched alkanes of at least 4 members (excludes halogenated alkanes) is 2. The summed E-state index contributed by atoms with van der Waals surface area (Å²) in [6.07, 6.45) is 8.16. The van der Waals surface area contributed by atoms with Crippen LogP contribution < -0.4 is 48.3 Å². The number of carbonyl (C=O) groups is 9. The van der Waals surface area contributed by atoms with Crippen LogP contribution in [0.15, 0.2) is 85.3 Å². The number of rotatable bonds is 26. The number of carbonyl (C=O) groups excluding carboxylic acids is 9. The first-order valence-electron chi connectivity index (χ1n) is 25.4. The van der Waals surface area contributed by atoms with Gasteiger partial charge in [0.25, 0.3) is 17.7 Å². The summed E-state index contributed by atoms with van der Waals surface area (Å²) in [6.45, 7) is 6.05. The third kappa shape index (κ3) is 17.3. The van der Waals surface area contributed by atoms with Gasteiger partial charge in [0.15, 0.2) is 11.5 Å². The number of pyridine rings is 1. The molecule has 25 heteroatoms. The van der Waals surface area contributed by atoms with Gasteiger partial charge in [-0.2, -0.15) is 0 Å². The minimum atomic E-state index is -1.14. The molecule has 1 fully saturated rings. The number of nitrogens with one attached hydrogen (secondary N) is 6. The first kappa shape index (κ1) is 58.3. The molecule has 0 radical (unpaired) electrons. The van der Waals surface area contributed by atoms with Crippen LogP contribution in [-0.2, 0) is 56.0 Å². The van der Waals surface area contributed by atoms with Gasteiger partial charge in [-0.3, -0.25) is 38.7 Å². The predicted octanol–water partition coefficient (Wildman–Crippen LogP) is 2.72. The molecule has 1 saturated heterocycles. The van der Waals surface area contributed by atoms with E-state index in [1.165, 1.54) is 25.5 Å². The van der Waals surface area contributed by atoms with Crippen LogP contribution in [0.25, 0.3) is 11.3 Å². The summed E-state index contributed by atoms with van der Waals surface area (Å²) in [5.74, 6) is -4.03. The zero-order valence-electron chi connectivity index (χ0n) is 43.6. The van der Waals surface area contributed by atoms with E-state index in [0.717, 1.165) is 10.6 Å². The van der Waals surface area contributed by atoms with Crippen molar-refractivity contribution >= 4 is 76.4 Å². The van der Waals surface area contributed by atoms with Gasteiger partial charge in [-0.15, -0.1) is 0 Å². The highest BCUT2D eigenvalue weighted by Crippen LogP contribution is 2.27. The summed E-state index contributed by atoms with van der Waals surface area (Å²) < 4.78 is 15.9. The molecule has 6 rings (SSSR count). The van der Waals surface area contributed by atoms with E-state index in [9.17, 15) is 43.2 Å². The number of imide groups is 1. The molecular formula is C53H65N13O12. The van der Waals surface area contributed by atoms with Crippen molar-refractivity contribution in [2.75, 3.05) is 67.8 Å². The topological polar surface area (TPSA) is 351 Å². The summed E-state index contributed by atoms with van der Waals surface area (Å²) in [6, 6.07) is 11.0. The van der Waals surface area contributed by atoms with E-state index in [2.05, 4.69) is 51.8 Å². The van der Waals surface area contributed by atoms with Crippen molar-refractivity contribution in [3.63, 3.8) is 0 Å². The smallest absolute Gasteiger partial charge is 0.408 e. The monoisotopic (exact) mass is 1080 g/mol. The Hall–Kier alpha value is -9.00. The SMILES string of the molecule is COC(=O)[C@H](Cc1ccc(-c2cnc(N)c(C(=O)Nc3cnccc3N3CCOCC3)n2)cc1)NC(=O)OCc1ccc(NC(=O)[C@H](CCCNC(N)=O)NC(=O)[C@@H](NC(=O)CCCCCN2C(=O)C=CC2=O)C(C)C)cc1. The van der Waals surface area contributed by atoms with Gasteiger partial charge in [-0.25, -0.2) is 24.4 Å². The molecule has 2 aromatic heterocycles. The molecule has 0 aliphatic carbocycles. The number of alkyl carbamates (subject to hydrolysis) is 1. The number of primary amides is 1. The molecule has 2 aromatic carbocycles. The van der Waals surface area contributed by atoms with Gasteiger partial charge in [0.2, 0.25) is 17.7 Å². The number of nitrogens with two attached hydrogens (primary N) is 2. The number of methoxy groups -OCH3 is 1. The number of benzene rings is 2. The molecule has 3 atom stereocenters. The number of ether oxygens (including phenoxy) is 3. The Labute approximate surface area is 450 Å². The second-order valence-corrected chi connectivity index (χ2v) is 18.6. The summed E-state index contributed by atoms with van der Waals surface area (Å²) in [7, 11) is 1.19. The van der Waals surface area contributed by atoms with Crippen molar-refractivity contribution in [3.8, 4) is 11.3 Å². The Morgan fingerprint density at radius 1 is 0.795 bits per heavy atom. The molecule has 0 spiro atoms. The summed E-state index contributed by atoms with van der Waals surface area (Å²) in [5, 5.41) is 16.1. The molecule has 4 aromatic rings. The van der Waals surface area contributed by atoms with Gasteiger partial charge in [0.05, 0.1) is 49.8 Å². The number of amides is 9. The standard InChI is InChI=1S/C53H65N13O12/c1-32(2)45(64-42(67)9-5-4-6-23-66-43(68)18-19-44(66)69)49(71)61-37(8-7-21-57-52(55)74)48(70)59-36-16-12-34(13-17-36)31-78-53(75)63-38(51(73)76-3)28-33-10-14-35(15-11-33)39-30-58-47(54)46(60-39)50(72)62-40-29-56-22-20-41(40)65-24-26-77-27-25-65/h10-20,22,29-30,32,37-38,45H,4-9,21,23-28,31H2,1-3H3,(H2,54,58)(H,59,70)(H,61,71)(H,62,72)(H,63,75)(H,64,67)(H3,55,57,74)/t37-,38-,45-/m0/s1. The number of hydrogen-bond acceptors (Lipinski definition) is 17. The van der Waals surface area contributed by atoms with Crippen molar-refractivity contribution < 1.29 is 57.4 Å². The maximum absolute atomic E-state index is 13.7. The van der Waals surface area contributed by atoms with E-state index in [1.807, 2.05) is 6.07 Å². The van der Waals surface area contributed by atoms with Crippen molar-refractivity contribution in [3.05, 3.63) is 102 Å². The quantitative estimate of drug-likeness (QED) is 0.0255. The van der Waals surface area contributed by atoms with E-state index in [1.54, 1.807) is 74.8 Å². The third-order valence-corrected chi connectivity index (χ3v) is 12.5. The maximum atomic E-state index is 13.7. The van der Waals surface area contributed by atoms with E-state index >= 15 is 0 Å². The minimum Gasteiger partial charge on any atom is -0.467 e. The number of morpholine rings is 1. The molecule has 4 heterocycles.